The van der Waals surface area contributed by atoms with E-state index in [1.165, 1.54) is 0 Å². The first-order valence-corrected chi connectivity index (χ1v) is 3.01. The number of nitrogens with two attached hydrogens (primary N) is 1. The van der Waals surface area contributed by atoms with Crippen LogP contribution < -0.4 is 5.73 Å². The third kappa shape index (κ3) is 1.20. The van der Waals surface area contributed by atoms with Crippen molar-refractivity contribution in [2.24, 2.45) is 5.73 Å². The second-order valence-corrected chi connectivity index (χ2v) is 2.31. The van der Waals surface area contributed by atoms with Crippen LogP contribution in [-0.2, 0) is 0 Å². The van der Waals surface area contributed by atoms with Gasteiger partial charge in [-0.1, -0.05) is 0 Å². The summed E-state index contributed by atoms with van der Waals surface area (Å²) < 4.78 is 0. The molecule has 1 unspecified atom stereocenters. The van der Waals surface area contributed by atoms with Gasteiger partial charge in [-0.05, 0) is 19.9 Å². The second kappa shape index (κ2) is 2.46. The van der Waals surface area contributed by atoms with E-state index in [-0.39, 0.29) is 0 Å². The maximum Gasteiger partial charge on any atom is 0.0180 e. The summed E-state index contributed by atoms with van der Waals surface area (Å²) in [7, 11) is 0. The molecule has 0 aliphatic carbocycles. The SMILES string of the molecule is [CH]CN1CCC(N)C1. The van der Waals surface area contributed by atoms with Crippen LogP contribution in [0.25, 0.3) is 0 Å². The fourth-order valence-corrected chi connectivity index (χ4v) is 1.03. The number of rotatable bonds is 1. The molecule has 0 spiro atoms. The van der Waals surface area contributed by atoms with E-state index < -0.39 is 0 Å². The van der Waals surface area contributed by atoms with Crippen molar-refractivity contribution in [1.82, 2.24) is 4.90 Å². The van der Waals surface area contributed by atoms with E-state index in [1.807, 2.05) is 0 Å². The van der Waals surface area contributed by atoms with Gasteiger partial charge in [0.05, 0.1) is 0 Å². The molecule has 1 atom stereocenters. The van der Waals surface area contributed by atoms with Crippen molar-refractivity contribution in [2.75, 3.05) is 19.6 Å². The van der Waals surface area contributed by atoms with Crippen molar-refractivity contribution in [1.29, 1.82) is 0 Å². The first-order valence-electron chi connectivity index (χ1n) is 3.01. The number of likely N-dealkylation sites (tertiary alicyclic amines) is 1. The summed E-state index contributed by atoms with van der Waals surface area (Å²) in [6, 6.07) is 0.374. The lowest BCUT2D eigenvalue weighted by molar-refractivity contribution is 0.370. The molecular formula is C6H12N2. The Morgan fingerprint density at radius 1 is 1.75 bits per heavy atom. The third-order valence-electron chi connectivity index (χ3n) is 1.57. The van der Waals surface area contributed by atoms with Crippen LogP contribution in [0, 0.1) is 6.92 Å². The average molecular weight is 112 g/mol. The molecule has 2 nitrogen and oxygen atoms in total. The molecule has 0 amide bonds. The maximum atomic E-state index is 5.60. The highest BCUT2D eigenvalue weighted by atomic mass is 15.2. The summed E-state index contributed by atoms with van der Waals surface area (Å²) in [5.41, 5.74) is 5.60. The molecule has 1 rings (SSSR count). The molecule has 0 aromatic carbocycles. The zero-order valence-electron chi connectivity index (χ0n) is 5.01. The predicted octanol–water partition coefficient (Wildman–Crippen LogP) is -0.270. The van der Waals surface area contributed by atoms with Crippen LogP contribution in [0.2, 0.25) is 0 Å². The molecule has 1 fully saturated rings. The molecule has 0 saturated carbocycles. The Hall–Kier alpha value is -0.0800. The van der Waals surface area contributed by atoms with Gasteiger partial charge in [-0.3, -0.25) is 0 Å². The Morgan fingerprint density at radius 3 is 2.75 bits per heavy atom. The van der Waals surface area contributed by atoms with Gasteiger partial charge in [-0.25, -0.2) is 0 Å². The molecule has 0 bridgehead atoms. The monoisotopic (exact) mass is 112 g/mol. The molecule has 2 N–H and O–H groups in total. The topological polar surface area (TPSA) is 29.3 Å². The van der Waals surface area contributed by atoms with Crippen molar-refractivity contribution in [3.05, 3.63) is 6.92 Å². The Kier molecular flexibility index (Phi) is 1.86. The highest BCUT2D eigenvalue weighted by molar-refractivity contribution is 4.77. The highest BCUT2D eigenvalue weighted by Crippen LogP contribution is 2.04. The van der Waals surface area contributed by atoms with E-state index in [4.69, 9.17) is 12.7 Å². The van der Waals surface area contributed by atoms with Crippen LogP contribution in [0.15, 0.2) is 0 Å². The van der Waals surface area contributed by atoms with E-state index in [9.17, 15) is 0 Å². The number of hydrogen-bond acceptors (Lipinski definition) is 2. The van der Waals surface area contributed by atoms with Gasteiger partial charge < -0.3 is 10.6 Å². The summed E-state index contributed by atoms with van der Waals surface area (Å²) >= 11 is 0. The molecular weight excluding hydrogens is 100 g/mol. The third-order valence-corrected chi connectivity index (χ3v) is 1.57. The molecule has 1 aliphatic heterocycles. The van der Waals surface area contributed by atoms with E-state index in [1.54, 1.807) is 0 Å². The molecule has 1 saturated heterocycles. The van der Waals surface area contributed by atoms with Gasteiger partial charge in [0.25, 0.3) is 0 Å². The van der Waals surface area contributed by atoms with Gasteiger partial charge in [-0.15, -0.1) is 0 Å². The lowest BCUT2D eigenvalue weighted by atomic mass is 10.3. The quantitative estimate of drug-likeness (QED) is 0.506. The van der Waals surface area contributed by atoms with Crippen molar-refractivity contribution >= 4 is 0 Å². The first-order chi connectivity index (χ1) is 3.83. The van der Waals surface area contributed by atoms with Crippen LogP contribution in [0.5, 0.6) is 0 Å². The predicted molar refractivity (Wildman–Crippen MR) is 33.3 cm³/mol. The smallest absolute Gasteiger partial charge is 0.0180 e. The van der Waals surface area contributed by atoms with E-state index in [0.717, 1.165) is 19.5 Å². The van der Waals surface area contributed by atoms with Crippen molar-refractivity contribution in [3.63, 3.8) is 0 Å². The summed E-state index contributed by atoms with van der Waals surface area (Å²) in [6.45, 7) is 8.09. The van der Waals surface area contributed by atoms with Gasteiger partial charge in [0.15, 0.2) is 0 Å². The lowest BCUT2D eigenvalue weighted by Crippen LogP contribution is -2.26. The molecule has 0 aromatic rings. The fraction of sp³-hybridized carbons (Fsp3) is 0.833. The normalized spacial score (nSPS) is 31.5. The van der Waals surface area contributed by atoms with Crippen LogP contribution in [0.1, 0.15) is 6.42 Å². The van der Waals surface area contributed by atoms with E-state index >= 15 is 0 Å². The summed E-state index contributed by atoms with van der Waals surface area (Å²) in [4.78, 5) is 2.16. The summed E-state index contributed by atoms with van der Waals surface area (Å²) in [5.74, 6) is 0. The zero-order chi connectivity index (χ0) is 5.98. The second-order valence-electron chi connectivity index (χ2n) is 2.31. The van der Waals surface area contributed by atoms with Gasteiger partial charge >= 0.3 is 0 Å². The van der Waals surface area contributed by atoms with Gasteiger partial charge in [0.1, 0.15) is 0 Å². The van der Waals surface area contributed by atoms with Gasteiger partial charge in [-0.2, -0.15) is 0 Å². The Morgan fingerprint density at radius 2 is 2.50 bits per heavy atom. The van der Waals surface area contributed by atoms with Crippen LogP contribution in [-0.4, -0.2) is 30.6 Å². The summed E-state index contributed by atoms with van der Waals surface area (Å²) in [5, 5.41) is 0. The van der Waals surface area contributed by atoms with Crippen molar-refractivity contribution in [2.45, 2.75) is 12.5 Å². The Labute approximate surface area is 50.7 Å². The molecule has 0 aromatic heterocycles. The lowest BCUT2D eigenvalue weighted by Gasteiger charge is -2.09. The molecule has 2 radical (unpaired) electrons. The first kappa shape index (κ1) is 6.05. The molecule has 46 valence electrons. The van der Waals surface area contributed by atoms with Crippen molar-refractivity contribution in [3.8, 4) is 0 Å². The van der Waals surface area contributed by atoms with Crippen LogP contribution in [0.4, 0.5) is 0 Å². The standard InChI is InChI=1S/C6H12N2/c1-2-8-4-3-6(7)5-8/h1,6H,2-5,7H2. The van der Waals surface area contributed by atoms with E-state index in [2.05, 4.69) is 4.90 Å². The van der Waals surface area contributed by atoms with E-state index in [0.29, 0.717) is 12.6 Å². The summed E-state index contributed by atoms with van der Waals surface area (Å²) in [6.07, 6.45) is 1.11. The van der Waals surface area contributed by atoms with Crippen LogP contribution >= 0.6 is 0 Å². The Bertz CT molecular complexity index is 72.9. The fourth-order valence-electron chi connectivity index (χ4n) is 1.03. The van der Waals surface area contributed by atoms with Crippen LogP contribution in [0.3, 0.4) is 0 Å². The number of hydrogen-bond donors (Lipinski definition) is 1. The maximum absolute atomic E-state index is 5.60. The zero-order valence-corrected chi connectivity index (χ0v) is 5.01. The highest BCUT2D eigenvalue weighted by Gasteiger charge is 2.16. The molecule has 1 aliphatic rings. The number of nitrogens with zero attached hydrogens (tertiary/aromatic N) is 1. The minimum absolute atomic E-state index is 0.374. The largest absolute Gasteiger partial charge is 0.326 e. The Balaban J connectivity index is 2.22. The van der Waals surface area contributed by atoms with Gasteiger partial charge in [0.2, 0.25) is 0 Å². The molecule has 1 heterocycles. The minimum Gasteiger partial charge on any atom is -0.326 e. The molecule has 2 heteroatoms. The van der Waals surface area contributed by atoms with Gasteiger partial charge in [0, 0.05) is 19.1 Å². The minimum atomic E-state index is 0.374. The average Bonchev–Trinajstić information content (AvgIpc) is 2.14. The molecule has 8 heavy (non-hydrogen) atoms. The van der Waals surface area contributed by atoms with Crippen molar-refractivity contribution < 1.29 is 0 Å².